The molecule has 7 heteroatoms. The second-order valence-corrected chi connectivity index (χ2v) is 7.40. The second kappa shape index (κ2) is 6.52. The first kappa shape index (κ1) is 15.7. The molecule has 0 fully saturated rings. The Morgan fingerprint density at radius 3 is 3.00 bits per heavy atom. The van der Waals surface area contributed by atoms with Gasteiger partial charge in [0.25, 0.3) is 5.56 Å². The van der Waals surface area contributed by atoms with Gasteiger partial charge in [-0.3, -0.25) is 14.2 Å². The van der Waals surface area contributed by atoms with Crippen molar-refractivity contribution in [2.75, 3.05) is 19.5 Å². The van der Waals surface area contributed by atoms with Crippen LogP contribution in [-0.2, 0) is 28.9 Å². The average Bonchev–Trinajstić information content (AvgIpc) is 3.04. The van der Waals surface area contributed by atoms with E-state index >= 15 is 0 Å². The molecule has 2 aromatic rings. The number of aromatic nitrogens is 2. The van der Waals surface area contributed by atoms with E-state index in [4.69, 9.17) is 4.74 Å². The van der Waals surface area contributed by atoms with E-state index in [-0.39, 0.29) is 11.3 Å². The van der Waals surface area contributed by atoms with Gasteiger partial charge in [0, 0.05) is 12.0 Å². The summed E-state index contributed by atoms with van der Waals surface area (Å²) in [5, 5.41) is 1.39. The molecule has 3 rings (SSSR count). The first-order valence-electron chi connectivity index (χ1n) is 7.28. The van der Waals surface area contributed by atoms with Gasteiger partial charge in [-0.2, -0.15) is 0 Å². The van der Waals surface area contributed by atoms with E-state index in [1.165, 1.54) is 22.2 Å². The lowest BCUT2D eigenvalue weighted by Crippen LogP contribution is -2.25. The number of methoxy groups -OCH3 is 1. The van der Waals surface area contributed by atoms with Gasteiger partial charge in [-0.1, -0.05) is 11.8 Å². The van der Waals surface area contributed by atoms with E-state index in [1.807, 2.05) is 0 Å². The molecule has 0 unspecified atom stereocenters. The second-order valence-electron chi connectivity index (χ2n) is 5.37. The van der Waals surface area contributed by atoms with Gasteiger partial charge in [0.05, 0.1) is 24.3 Å². The maximum atomic E-state index is 12.9. The van der Waals surface area contributed by atoms with E-state index < -0.39 is 0 Å². The van der Waals surface area contributed by atoms with Crippen molar-refractivity contribution in [3.05, 3.63) is 20.8 Å². The van der Waals surface area contributed by atoms with Gasteiger partial charge in [-0.15, -0.1) is 11.3 Å². The number of carbonyl (C=O) groups is 1. The molecule has 0 aliphatic heterocycles. The Morgan fingerprint density at radius 1 is 1.45 bits per heavy atom. The zero-order chi connectivity index (χ0) is 15.7. The Labute approximate surface area is 136 Å². The number of thioether (sulfide) groups is 1. The first-order valence-corrected chi connectivity index (χ1v) is 9.08. The van der Waals surface area contributed by atoms with Crippen LogP contribution < -0.4 is 5.56 Å². The molecule has 0 atom stereocenters. The Kier molecular flexibility index (Phi) is 4.65. The summed E-state index contributed by atoms with van der Waals surface area (Å²) in [5.41, 5.74) is 1.19. The van der Waals surface area contributed by atoms with E-state index in [0.717, 1.165) is 29.5 Å². The van der Waals surface area contributed by atoms with Gasteiger partial charge in [-0.25, -0.2) is 4.98 Å². The molecule has 2 aromatic heterocycles. The molecule has 0 aromatic carbocycles. The van der Waals surface area contributed by atoms with Crippen molar-refractivity contribution in [2.45, 2.75) is 37.9 Å². The van der Waals surface area contributed by atoms with Crippen molar-refractivity contribution < 1.29 is 9.53 Å². The topological polar surface area (TPSA) is 61.2 Å². The summed E-state index contributed by atoms with van der Waals surface area (Å²) in [6.45, 7) is 2.46. The third-order valence-electron chi connectivity index (χ3n) is 3.71. The summed E-state index contributed by atoms with van der Waals surface area (Å²) in [5.74, 6) is 0.405. The van der Waals surface area contributed by atoms with E-state index in [1.54, 1.807) is 29.9 Å². The fourth-order valence-corrected chi connectivity index (χ4v) is 4.84. The van der Waals surface area contributed by atoms with E-state index in [0.29, 0.717) is 24.1 Å². The fourth-order valence-electron chi connectivity index (χ4n) is 2.71. The lowest BCUT2D eigenvalue weighted by Gasteiger charge is -2.11. The number of hydrogen-bond acceptors (Lipinski definition) is 6. The van der Waals surface area contributed by atoms with Gasteiger partial charge < -0.3 is 4.74 Å². The van der Waals surface area contributed by atoms with Gasteiger partial charge in [0.1, 0.15) is 10.6 Å². The van der Waals surface area contributed by atoms with Crippen molar-refractivity contribution >= 4 is 39.1 Å². The van der Waals surface area contributed by atoms with Crippen molar-refractivity contribution in [3.63, 3.8) is 0 Å². The minimum absolute atomic E-state index is 0.00695. The molecule has 0 radical (unpaired) electrons. The zero-order valence-corrected chi connectivity index (χ0v) is 14.3. The molecule has 0 N–H and O–H groups in total. The maximum Gasteiger partial charge on any atom is 0.263 e. The van der Waals surface area contributed by atoms with E-state index in [2.05, 4.69) is 4.98 Å². The predicted molar refractivity (Wildman–Crippen MR) is 89.2 cm³/mol. The molecule has 2 heterocycles. The lowest BCUT2D eigenvalue weighted by atomic mass is 10.2. The number of ketones is 1. The van der Waals surface area contributed by atoms with Crippen LogP contribution in [0.25, 0.3) is 10.2 Å². The quantitative estimate of drug-likeness (QED) is 0.597. The highest BCUT2D eigenvalue weighted by Crippen LogP contribution is 2.35. The molecule has 0 bridgehead atoms. The van der Waals surface area contributed by atoms with Crippen LogP contribution in [0.3, 0.4) is 0 Å². The number of Topliss-reactive ketones (excluding diaryl/α,β-unsaturated/α-hetero) is 1. The highest BCUT2D eigenvalue weighted by molar-refractivity contribution is 7.99. The van der Waals surface area contributed by atoms with Crippen LogP contribution in [0.1, 0.15) is 23.8 Å². The molecule has 5 nitrogen and oxygen atoms in total. The molecule has 0 saturated heterocycles. The molecular formula is C15H18N2O3S2. The number of aryl methyl sites for hydroxylation is 2. The number of nitrogens with zero attached hydrogens (tertiary/aromatic N) is 2. The third kappa shape index (κ3) is 2.85. The van der Waals surface area contributed by atoms with Crippen LogP contribution in [0.2, 0.25) is 0 Å². The number of carbonyl (C=O) groups excluding carboxylic acids is 1. The summed E-state index contributed by atoms with van der Waals surface area (Å²) in [6, 6.07) is 0. The number of rotatable bonds is 6. The molecular weight excluding hydrogens is 320 g/mol. The maximum absolute atomic E-state index is 12.9. The Hall–Kier alpha value is -1.18. The molecule has 0 spiro atoms. The van der Waals surface area contributed by atoms with E-state index in [9.17, 15) is 9.59 Å². The highest BCUT2D eigenvalue weighted by Gasteiger charge is 2.23. The standard InChI is InChI=1S/C15H18N2O3S2/c1-9(18)8-21-15-16-13-12(10-4-3-5-11(10)22-13)14(19)17(15)6-7-20-2/h3-8H2,1-2H3. The summed E-state index contributed by atoms with van der Waals surface area (Å²) in [7, 11) is 1.61. The van der Waals surface area contributed by atoms with Crippen molar-refractivity contribution in [3.8, 4) is 0 Å². The molecule has 1 aliphatic carbocycles. The highest BCUT2D eigenvalue weighted by atomic mass is 32.2. The van der Waals surface area contributed by atoms with Gasteiger partial charge in [0.2, 0.25) is 0 Å². The Bertz CT molecular complexity index is 779. The largest absolute Gasteiger partial charge is 0.383 e. The lowest BCUT2D eigenvalue weighted by molar-refractivity contribution is -0.114. The summed E-state index contributed by atoms with van der Waals surface area (Å²) >= 11 is 2.96. The normalized spacial score (nSPS) is 13.7. The average molecular weight is 338 g/mol. The third-order valence-corrected chi connectivity index (χ3v) is 6.02. The summed E-state index contributed by atoms with van der Waals surface area (Å²) in [4.78, 5) is 30.9. The van der Waals surface area contributed by atoms with Crippen LogP contribution in [0.4, 0.5) is 0 Å². The number of ether oxygens (including phenoxy) is 1. The fraction of sp³-hybridized carbons (Fsp3) is 0.533. The zero-order valence-electron chi connectivity index (χ0n) is 12.7. The summed E-state index contributed by atoms with van der Waals surface area (Å²) < 4.78 is 6.76. The number of fused-ring (bicyclic) bond motifs is 3. The van der Waals surface area contributed by atoms with Crippen molar-refractivity contribution in [1.82, 2.24) is 9.55 Å². The van der Waals surface area contributed by atoms with Gasteiger partial charge >= 0.3 is 0 Å². The molecule has 118 valence electrons. The van der Waals surface area contributed by atoms with Gasteiger partial charge in [0.15, 0.2) is 5.16 Å². The number of hydrogen-bond donors (Lipinski definition) is 0. The van der Waals surface area contributed by atoms with Crippen LogP contribution in [0.5, 0.6) is 0 Å². The monoisotopic (exact) mass is 338 g/mol. The minimum atomic E-state index is 0.00695. The minimum Gasteiger partial charge on any atom is -0.383 e. The van der Waals surface area contributed by atoms with Crippen molar-refractivity contribution in [1.29, 1.82) is 0 Å². The Morgan fingerprint density at radius 2 is 2.27 bits per heavy atom. The van der Waals surface area contributed by atoms with Crippen LogP contribution in [-0.4, -0.2) is 34.8 Å². The van der Waals surface area contributed by atoms with Crippen LogP contribution in [0.15, 0.2) is 9.95 Å². The molecule has 0 saturated carbocycles. The molecule has 1 aliphatic rings. The van der Waals surface area contributed by atoms with Crippen LogP contribution in [0, 0.1) is 0 Å². The first-order chi connectivity index (χ1) is 10.6. The predicted octanol–water partition coefficient (Wildman–Crippen LogP) is 2.27. The van der Waals surface area contributed by atoms with Crippen molar-refractivity contribution in [2.24, 2.45) is 0 Å². The SMILES string of the molecule is COCCn1c(SCC(C)=O)nc2sc3c(c2c1=O)CCC3. The number of thiophene rings is 1. The Balaban J connectivity index is 2.12. The van der Waals surface area contributed by atoms with Crippen LogP contribution >= 0.6 is 23.1 Å². The molecule has 0 amide bonds. The molecule has 22 heavy (non-hydrogen) atoms. The smallest absolute Gasteiger partial charge is 0.263 e. The van der Waals surface area contributed by atoms with Gasteiger partial charge in [-0.05, 0) is 31.7 Å². The summed E-state index contributed by atoms with van der Waals surface area (Å²) in [6.07, 6.45) is 3.13.